The zero-order valence-corrected chi connectivity index (χ0v) is 14.8. The third-order valence-corrected chi connectivity index (χ3v) is 4.99. The normalized spacial score (nSPS) is 16.4. The summed E-state index contributed by atoms with van der Waals surface area (Å²) in [4.78, 5) is 27.3. The fraction of sp³-hybridized carbons (Fsp3) is 0.182. The maximum Gasteiger partial charge on any atom is 0.258 e. The van der Waals surface area contributed by atoms with Crippen molar-refractivity contribution in [3.8, 4) is 5.75 Å². The van der Waals surface area contributed by atoms with E-state index in [-0.39, 0.29) is 23.1 Å². The number of anilines is 1. The molecule has 136 valence electrons. The van der Waals surface area contributed by atoms with E-state index in [1.807, 2.05) is 54.6 Å². The van der Waals surface area contributed by atoms with Gasteiger partial charge in [0.05, 0.1) is 5.56 Å². The lowest BCUT2D eigenvalue weighted by molar-refractivity contribution is -0.119. The first-order valence-electron chi connectivity index (χ1n) is 9.03. The van der Waals surface area contributed by atoms with E-state index >= 15 is 0 Å². The zero-order chi connectivity index (χ0) is 18.8. The van der Waals surface area contributed by atoms with E-state index in [1.165, 1.54) is 0 Å². The van der Waals surface area contributed by atoms with E-state index in [2.05, 4.69) is 5.32 Å². The van der Waals surface area contributed by atoms with Crippen molar-refractivity contribution in [3.05, 3.63) is 72.3 Å². The van der Waals surface area contributed by atoms with Gasteiger partial charge in [0.1, 0.15) is 11.8 Å². The number of phenols is 1. The van der Waals surface area contributed by atoms with Crippen LogP contribution in [0.25, 0.3) is 10.8 Å². The van der Waals surface area contributed by atoms with E-state index in [1.54, 1.807) is 17.0 Å². The number of rotatable bonds is 3. The summed E-state index contributed by atoms with van der Waals surface area (Å²) < 4.78 is 0. The Morgan fingerprint density at radius 3 is 2.52 bits per heavy atom. The molecule has 2 amide bonds. The Kier molecular flexibility index (Phi) is 4.50. The number of hydrogen-bond acceptors (Lipinski definition) is 3. The highest BCUT2D eigenvalue weighted by Crippen LogP contribution is 2.31. The predicted molar refractivity (Wildman–Crippen MR) is 105 cm³/mol. The fourth-order valence-corrected chi connectivity index (χ4v) is 3.61. The zero-order valence-electron chi connectivity index (χ0n) is 14.8. The van der Waals surface area contributed by atoms with E-state index < -0.39 is 6.04 Å². The Labute approximate surface area is 157 Å². The van der Waals surface area contributed by atoms with Crippen LogP contribution in [0.15, 0.2) is 66.7 Å². The number of nitrogens with zero attached hydrogens (tertiary/aromatic N) is 1. The quantitative estimate of drug-likeness (QED) is 0.747. The lowest BCUT2D eigenvalue weighted by Gasteiger charge is -2.24. The highest BCUT2D eigenvalue weighted by Gasteiger charge is 2.35. The van der Waals surface area contributed by atoms with E-state index in [4.69, 9.17) is 0 Å². The number of likely N-dealkylation sites (tertiary alicyclic amines) is 1. The van der Waals surface area contributed by atoms with Crippen LogP contribution in [0, 0.1) is 0 Å². The molecule has 1 atom stereocenters. The van der Waals surface area contributed by atoms with Gasteiger partial charge in [-0.1, -0.05) is 48.5 Å². The molecule has 1 heterocycles. The van der Waals surface area contributed by atoms with Crippen LogP contribution >= 0.6 is 0 Å². The highest BCUT2D eigenvalue weighted by atomic mass is 16.3. The molecule has 1 fully saturated rings. The molecule has 0 aromatic heterocycles. The molecule has 4 rings (SSSR count). The van der Waals surface area contributed by atoms with Crippen LogP contribution in [0.1, 0.15) is 23.2 Å². The largest absolute Gasteiger partial charge is 0.506 e. The Morgan fingerprint density at radius 1 is 0.963 bits per heavy atom. The molecule has 3 aromatic rings. The molecule has 1 aliphatic rings. The van der Waals surface area contributed by atoms with Gasteiger partial charge in [-0.25, -0.2) is 0 Å². The van der Waals surface area contributed by atoms with Crippen LogP contribution < -0.4 is 5.32 Å². The molecule has 0 saturated carbocycles. The number of carbonyl (C=O) groups excluding carboxylic acids is 2. The van der Waals surface area contributed by atoms with E-state index in [9.17, 15) is 14.7 Å². The number of hydrogen-bond donors (Lipinski definition) is 2. The van der Waals surface area contributed by atoms with E-state index in [0.717, 1.165) is 11.8 Å². The van der Waals surface area contributed by atoms with Crippen molar-refractivity contribution in [2.75, 3.05) is 11.9 Å². The monoisotopic (exact) mass is 360 g/mol. The van der Waals surface area contributed by atoms with Crippen LogP contribution in [-0.2, 0) is 4.79 Å². The van der Waals surface area contributed by atoms with Crippen molar-refractivity contribution in [1.29, 1.82) is 0 Å². The summed E-state index contributed by atoms with van der Waals surface area (Å²) in [7, 11) is 0. The number of phenolic OH excluding ortho intramolecular Hbond substituents is 1. The number of aromatic hydroxyl groups is 1. The maximum atomic E-state index is 13.1. The van der Waals surface area contributed by atoms with Gasteiger partial charge in [-0.2, -0.15) is 0 Å². The first-order valence-corrected chi connectivity index (χ1v) is 9.03. The Hall–Kier alpha value is -3.34. The van der Waals surface area contributed by atoms with Crippen molar-refractivity contribution < 1.29 is 14.7 Å². The summed E-state index contributed by atoms with van der Waals surface area (Å²) in [6.07, 6.45) is 1.37. The smallest absolute Gasteiger partial charge is 0.258 e. The molecular formula is C22H20N2O3. The highest BCUT2D eigenvalue weighted by molar-refractivity contribution is 6.06. The Morgan fingerprint density at radius 2 is 1.70 bits per heavy atom. The molecule has 0 radical (unpaired) electrons. The standard InChI is InChI=1S/C22H20N2O3/c25-20-17-10-5-4-7-15(17)12-13-18(20)22(27)24-14-6-11-19(24)21(26)23-16-8-2-1-3-9-16/h1-5,7-10,12-13,19,25H,6,11,14H2,(H,23,26). The summed E-state index contributed by atoms with van der Waals surface area (Å²) in [5, 5.41) is 15.0. The fourth-order valence-electron chi connectivity index (χ4n) is 3.61. The summed E-state index contributed by atoms with van der Waals surface area (Å²) in [6, 6.07) is 19.5. The maximum absolute atomic E-state index is 13.1. The second-order valence-corrected chi connectivity index (χ2v) is 6.69. The topological polar surface area (TPSA) is 69.6 Å². The average Bonchev–Trinajstić information content (AvgIpc) is 3.19. The molecule has 5 heteroatoms. The van der Waals surface area contributed by atoms with Gasteiger partial charge < -0.3 is 15.3 Å². The van der Waals surface area contributed by atoms with Crippen molar-refractivity contribution in [1.82, 2.24) is 4.90 Å². The van der Waals surface area contributed by atoms with Crippen LogP contribution in [0.3, 0.4) is 0 Å². The van der Waals surface area contributed by atoms with Gasteiger partial charge in [0.2, 0.25) is 5.91 Å². The number of benzene rings is 3. The summed E-state index contributed by atoms with van der Waals surface area (Å²) in [6.45, 7) is 0.498. The molecule has 0 spiro atoms. The number of nitrogens with one attached hydrogen (secondary N) is 1. The summed E-state index contributed by atoms with van der Waals surface area (Å²) >= 11 is 0. The van der Waals surface area contributed by atoms with Gasteiger partial charge in [0.25, 0.3) is 5.91 Å². The van der Waals surface area contributed by atoms with Gasteiger partial charge >= 0.3 is 0 Å². The van der Waals surface area contributed by atoms with Gasteiger partial charge in [0, 0.05) is 17.6 Å². The van der Waals surface area contributed by atoms with Crippen LogP contribution in [0.4, 0.5) is 5.69 Å². The predicted octanol–water partition coefficient (Wildman–Crippen LogP) is 3.79. The number of para-hydroxylation sites is 1. The molecule has 1 saturated heterocycles. The lowest BCUT2D eigenvalue weighted by Crippen LogP contribution is -2.43. The summed E-state index contributed by atoms with van der Waals surface area (Å²) in [5.74, 6) is -0.552. The van der Waals surface area contributed by atoms with Crippen molar-refractivity contribution in [2.24, 2.45) is 0 Å². The molecule has 27 heavy (non-hydrogen) atoms. The third-order valence-electron chi connectivity index (χ3n) is 4.99. The van der Waals surface area contributed by atoms with E-state index in [0.29, 0.717) is 24.0 Å². The molecule has 2 N–H and O–H groups in total. The summed E-state index contributed by atoms with van der Waals surface area (Å²) in [5.41, 5.74) is 0.934. The minimum atomic E-state index is -0.538. The molecule has 0 bridgehead atoms. The second kappa shape index (κ2) is 7.11. The number of fused-ring (bicyclic) bond motifs is 1. The lowest BCUT2D eigenvalue weighted by atomic mass is 10.0. The molecule has 1 unspecified atom stereocenters. The number of carbonyl (C=O) groups is 2. The molecule has 0 aliphatic carbocycles. The molecular weight excluding hydrogens is 340 g/mol. The minimum absolute atomic E-state index is 0.0350. The van der Waals surface area contributed by atoms with Gasteiger partial charge in [-0.3, -0.25) is 9.59 Å². The van der Waals surface area contributed by atoms with Gasteiger partial charge in [-0.05, 0) is 36.4 Å². The van der Waals surface area contributed by atoms with Gasteiger partial charge in [0.15, 0.2) is 0 Å². The van der Waals surface area contributed by atoms with Crippen molar-refractivity contribution in [3.63, 3.8) is 0 Å². The van der Waals surface area contributed by atoms with Crippen LogP contribution in [-0.4, -0.2) is 34.4 Å². The first kappa shape index (κ1) is 17.1. The number of amides is 2. The van der Waals surface area contributed by atoms with Gasteiger partial charge in [-0.15, -0.1) is 0 Å². The molecule has 3 aromatic carbocycles. The Balaban J connectivity index is 1.59. The van der Waals surface area contributed by atoms with Crippen LogP contribution in [0.2, 0.25) is 0 Å². The minimum Gasteiger partial charge on any atom is -0.506 e. The molecule has 5 nitrogen and oxygen atoms in total. The average molecular weight is 360 g/mol. The first-order chi connectivity index (χ1) is 13.1. The van der Waals surface area contributed by atoms with Crippen LogP contribution in [0.5, 0.6) is 5.75 Å². The van der Waals surface area contributed by atoms with Crippen molar-refractivity contribution in [2.45, 2.75) is 18.9 Å². The van der Waals surface area contributed by atoms with Crippen molar-refractivity contribution >= 4 is 28.3 Å². The SMILES string of the molecule is O=C(Nc1ccccc1)C1CCCN1C(=O)c1ccc2ccccc2c1O. The third kappa shape index (κ3) is 3.24. The Bertz CT molecular complexity index is 1000. The molecule has 1 aliphatic heterocycles. The second-order valence-electron chi connectivity index (χ2n) is 6.69.